The highest BCUT2D eigenvalue weighted by Crippen LogP contribution is 2.22. The number of nitrogens with one attached hydrogen (secondary N) is 1. The SMILES string of the molecule is CC(C)Cc1ccc(Nc2ccc(-c3ccc(C#N)cc3)cn2)cc1. The number of nitrogens with zero attached hydrogens (tertiary/aromatic N) is 2. The van der Waals surface area contributed by atoms with Crippen molar-refractivity contribution in [3.63, 3.8) is 0 Å². The van der Waals surface area contributed by atoms with Gasteiger partial charge in [-0.25, -0.2) is 4.98 Å². The smallest absolute Gasteiger partial charge is 0.130 e. The maximum Gasteiger partial charge on any atom is 0.130 e. The van der Waals surface area contributed by atoms with Gasteiger partial charge in [-0.3, -0.25) is 0 Å². The fourth-order valence-electron chi connectivity index (χ4n) is 2.72. The number of rotatable bonds is 5. The summed E-state index contributed by atoms with van der Waals surface area (Å²) in [6.07, 6.45) is 2.94. The predicted molar refractivity (Wildman–Crippen MR) is 103 cm³/mol. The van der Waals surface area contributed by atoms with Gasteiger partial charge in [0, 0.05) is 17.4 Å². The molecule has 0 aliphatic heterocycles. The molecule has 0 aliphatic rings. The van der Waals surface area contributed by atoms with E-state index < -0.39 is 0 Å². The largest absolute Gasteiger partial charge is 0.340 e. The minimum atomic E-state index is 0.662. The van der Waals surface area contributed by atoms with Crippen LogP contribution >= 0.6 is 0 Å². The van der Waals surface area contributed by atoms with Crippen LogP contribution in [0.3, 0.4) is 0 Å². The van der Waals surface area contributed by atoms with Crippen molar-refractivity contribution in [3.05, 3.63) is 78.0 Å². The molecule has 124 valence electrons. The standard InChI is InChI=1S/C22H21N3/c1-16(2)13-17-5-10-21(11-6-17)25-22-12-9-20(15-24-22)19-7-3-18(14-23)4-8-19/h3-12,15-16H,13H2,1-2H3,(H,24,25). The van der Waals surface area contributed by atoms with E-state index in [4.69, 9.17) is 5.26 Å². The summed E-state index contributed by atoms with van der Waals surface area (Å²) in [6.45, 7) is 4.46. The lowest BCUT2D eigenvalue weighted by Crippen LogP contribution is -1.96. The van der Waals surface area contributed by atoms with E-state index >= 15 is 0 Å². The van der Waals surface area contributed by atoms with Crippen LogP contribution in [-0.4, -0.2) is 4.98 Å². The Balaban J connectivity index is 1.69. The Morgan fingerprint density at radius 1 is 0.920 bits per heavy atom. The number of hydrogen-bond acceptors (Lipinski definition) is 3. The van der Waals surface area contributed by atoms with Crippen LogP contribution in [0.4, 0.5) is 11.5 Å². The van der Waals surface area contributed by atoms with Crippen LogP contribution in [0.5, 0.6) is 0 Å². The van der Waals surface area contributed by atoms with E-state index in [1.54, 1.807) is 0 Å². The second-order valence-electron chi connectivity index (χ2n) is 6.54. The van der Waals surface area contributed by atoms with Gasteiger partial charge in [0.2, 0.25) is 0 Å². The van der Waals surface area contributed by atoms with E-state index in [9.17, 15) is 0 Å². The summed E-state index contributed by atoms with van der Waals surface area (Å²) in [4.78, 5) is 4.49. The van der Waals surface area contributed by atoms with Crippen LogP contribution in [0.15, 0.2) is 66.9 Å². The molecule has 3 aromatic rings. The van der Waals surface area contributed by atoms with Crippen LogP contribution < -0.4 is 5.32 Å². The number of anilines is 2. The molecular formula is C22H21N3. The molecule has 3 rings (SSSR count). The van der Waals surface area contributed by atoms with E-state index in [-0.39, 0.29) is 0 Å². The van der Waals surface area contributed by atoms with Crippen molar-refractivity contribution in [2.45, 2.75) is 20.3 Å². The summed E-state index contributed by atoms with van der Waals surface area (Å²) < 4.78 is 0. The molecule has 1 heterocycles. The van der Waals surface area contributed by atoms with Crippen LogP contribution in [0.1, 0.15) is 25.0 Å². The molecular weight excluding hydrogens is 306 g/mol. The van der Waals surface area contributed by atoms with Gasteiger partial charge in [0.05, 0.1) is 11.6 Å². The lowest BCUT2D eigenvalue weighted by atomic mass is 10.0. The maximum atomic E-state index is 8.86. The van der Waals surface area contributed by atoms with Gasteiger partial charge in [0.25, 0.3) is 0 Å². The molecule has 0 atom stereocenters. The van der Waals surface area contributed by atoms with Crippen molar-refractivity contribution in [2.75, 3.05) is 5.32 Å². The highest BCUT2D eigenvalue weighted by Gasteiger charge is 2.02. The molecule has 0 spiro atoms. The van der Waals surface area contributed by atoms with Gasteiger partial charge in [-0.15, -0.1) is 0 Å². The summed E-state index contributed by atoms with van der Waals surface area (Å²) >= 11 is 0. The van der Waals surface area contributed by atoms with Gasteiger partial charge in [-0.1, -0.05) is 38.1 Å². The van der Waals surface area contributed by atoms with E-state index in [0.717, 1.165) is 29.1 Å². The lowest BCUT2D eigenvalue weighted by molar-refractivity contribution is 0.647. The molecule has 0 aliphatic carbocycles. The topological polar surface area (TPSA) is 48.7 Å². The highest BCUT2D eigenvalue weighted by molar-refractivity contribution is 5.66. The van der Waals surface area contributed by atoms with E-state index in [1.807, 2.05) is 42.6 Å². The van der Waals surface area contributed by atoms with Crippen molar-refractivity contribution in [2.24, 2.45) is 5.92 Å². The summed E-state index contributed by atoms with van der Waals surface area (Å²) in [6, 6.07) is 22.2. The molecule has 0 radical (unpaired) electrons. The average Bonchev–Trinajstić information content (AvgIpc) is 2.64. The third-order valence-corrected chi connectivity index (χ3v) is 3.98. The van der Waals surface area contributed by atoms with Crippen molar-refractivity contribution in [3.8, 4) is 17.2 Å². The Morgan fingerprint density at radius 3 is 2.16 bits per heavy atom. The molecule has 3 heteroatoms. The normalized spacial score (nSPS) is 10.5. The Kier molecular flexibility index (Phi) is 5.11. The molecule has 0 amide bonds. The highest BCUT2D eigenvalue weighted by atomic mass is 15.0. The second-order valence-corrected chi connectivity index (χ2v) is 6.54. The van der Waals surface area contributed by atoms with Crippen molar-refractivity contribution < 1.29 is 0 Å². The molecule has 0 saturated carbocycles. The van der Waals surface area contributed by atoms with Crippen LogP contribution in [-0.2, 0) is 6.42 Å². The number of pyridine rings is 1. The number of aromatic nitrogens is 1. The Hall–Kier alpha value is -3.12. The zero-order valence-corrected chi connectivity index (χ0v) is 14.5. The van der Waals surface area contributed by atoms with Gasteiger partial charge in [0.15, 0.2) is 0 Å². The second kappa shape index (κ2) is 7.63. The van der Waals surface area contributed by atoms with E-state index in [0.29, 0.717) is 11.5 Å². The van der Waals surface area contributed by atoms with Crippen LogP contribution in [0, 0.1) is 17.2 Å². The first-order valence-corrected chi connectivity index (χ1v) is 8.46. The summed E-state index contributed by atoms with van der Waals surface area (Å²) in [7, 11) is 0. The molecule has 2 aromatic carbocycles. The zero-order valence-electron chi connectivity index (χ0n) is 14.5. The minimum Gasteiger partial charge on any atom is -0.340 e. The van der Waals surface area contributed by atoms with Crippen molar-refractivity contribution in [1.82, 2.24) is 4.98 Å². The maximum absolute atomic E-state index is 8.86. The quantitative estimate of drug-likeness (QED) is 0.667. The van der Waals surface area contributed by atoms with Gasteiger partial charge < -0.3 is 5.32 Å². The molecule has 25 heavy (non-hydrogen) atoms. The molecule has 3 nitrogen and oxygen atoms in total. The number of benzene rings is 2. The number of hydrogen-bond donors (Lipinski definition) is 1. The summed E-state index contributed by atoms with van der Waals surface area (Å²) in [5.74, 6) is 1.48. The zero-order chi connectivity index (χ0) is 17.6. The third kappa shape index (κ3) is 4.45. The van der Waals surface area contributed by atoms with Crippen molar-refractivity contribution in [1.29, 1.82) is 5.26 Å². The summed E-state index contributed by atoms with van der Waals surface area (Å²) in [5, 5.41) is 12.2. The Bertz CT molecular complexity index is 855. The average molecular weight is 327 g/mol. The lowest BCUT2D eigenvalue weighted by Gasteiger charge is -2.09. The summed E-state index contributed by atoms with van der Waals surface area (Å²) in [5.41, 5.74) is 5.13. The fourth-order valence-corrected chi connectivity index (χ4v) is 2.72. The van der Waals surface area contributed by atoms with Gasteiger partial charge in [-0.05, 0) is 59.9 Å². The first-order valence-electron chi connectivity index (χ1n) is 8.46. The molecule has 0 fully saturated rings. The van der Waals surface area contributed by atoms with E-state index in [1.165, 1.54) is 5.56 Å². The number of nitriles is 1. The first-order chi connectivity index (χ1) is 12.1. The van der Waals surface area contributed by atoms with Crippen LogP contribution in [0.2, 0.25) is 0 Å². The monoisotopic (exact) mass is 327 g/mol. The van der Waals surface area contributed by atoms with E-state index in [2.05, 4.69) is 54.5 Å². The van der Waals surface area contributed by atoms with Gasteiger partial charge >= 0.3 is 0 Å². The fraction of sp³-hybridized carbons (Fsp3) is 0.182. The van der Waals surface area contributed by atoms with Gasteiger partial charge in [-0.2, -0.15) is 5.26 Å². The molecule has 1 aromatic heterocycles. The van der Waals surface area contributed by atoms with Crippen LogP contribution in [0.25, 0.3) is 11.1 Å². The predicted octanol–water partition coefficient (Wildman–Crippen LogP) is 5.56. The van der Waals surface area contributed by atoms with Gasteiger partial charge in [0.1, 0.15) is 5.82 Å². The Labute approximate surface area is 149 Å². The molecule has 1 N–H and O–H groups in total. The minimum absolute atomic E-state index is 0.662. The molecule has 0 bridgehead atoms. The first kappa shape index (κ1) is 16.7. The molecule has 0 saturated heterocycles. The van der Waals surface area contributed by atoms with Crippen molar-refractivity contribution >= 4 is 11.5 Å². The molecule has 0 unspecified atom stereocenters. The third-order valence-electron chi connectivity index (χ3n) is 3.98. The Morgan fingerprint density at radius 2 is 1.60 bits per heavy atom.